The van der Waals surface area contributed by atoms with E-state index in [-0.39, 0.29) is 0 Å². The SMILES string of the molecule is C#CCC(C=O)(C=CCC)CC. The Balaban J connectivity index is 4.47. The number of aldehydes is 1. The molecule has 0 aliphatic carbocycles. The smallest absolute Gasteiger partial charge is 0.130 e. The molecule has 66 valence electrons. The zero-order valence-corrected chi connectivity index (χ0v) is 7.84. The Morgan fingerprint density at radius 3 is 2.50 bits per heavy atom. The Hall–Kier alpha value is -1.03. The molecule has 12 heavy (non-hydrogen) atoms. The van der Waals surface area contributed by atoms with Crippen molar-refractivity contribution in [2.24, 2.45) is 5.41 Å². The maximum absolute atomic E-state index is 10.8. The first-order valence-corrected chi connectivity index (χ1v) is 4.32. The standard InChI is InChI=1S/C11H16O/c1-4-7-9-11(6-3,10-12)8-5-2/h2,7,9-10H,4,6,8H2,1,3H3. The summed E-state index contributed by atoms with van der Waals surface area (Å²) in [7, 11) is 0. The van der Waals surface area contributed by atoms with Gasteiger partial charge in [0, 0.05) is 6.42 Å². The van der Waals surface area contributed by atoms with Crippen molar-refractivity contribution < 1.29 is 4.79 Å². The molecule has 1 heteroatoms. The molecule has 0 aromatic rings. The van der Waals surface area contributed by atoms with E-state index in [1.807, 2.05) is 26.0 Å². The molecule has 0 saturated heterocycles. The highest BCUT2D eigenvalue weighted by Crippen LogP contribution is 2.25. The molecule has 1 atom stereocenters. The van der Waals surface area contributed by atoms with Gasteiger partial charge in [0.25, 0.3) is 0 Å². The first-order chi connectivity index (χ1) is 5.74. The number of allylic oxidation sites excluding steroid dienone is 2. The summed E-state index contributed by atoms with van der Waals surface area (Å²) in [5.41, 5.74) is -0.412. The Bertz CT molecular complexity index is 198. The molecule has 0 aliphatic heterocycles. The van der Waals surface area contributed by atoms with Crippen molar-refractivity contribution in [1.29, 1.82) is 0 Å². The number of rotatable bonds is 5. The van der Waals surface area contributed by atoms with E-state index in [9.17, 15) is 4.79 Å². The molecule has 0 spiro atoms. The summed E-state index contributed by atoms with van der Waals surface area (Å²) >= 11 is 0. The van der Waals surface area contributed by atoms with Gasteiger partial charge in [-0.15, -0.1) is 12.3 Å². The fourth-order valence-electron chi connectivity index (χ4n) is 1.01. The Morgan fingerprint density at radius 1 is 1.50 bits per heavy atom. The van der Waals surface area contributed by atoms with Crippen molar-refractivity contribution in [1.82, 2.24) is 0 Å². The van der Waals surface area contributed by atoms with Gasteiger partial charge in [-0.3, -0.25) is 0 Å². The monoisotopic (exact) mass is 164 g/mol. The lowest BCUT2D eigenvalue weighted by molar-refractivity contribution is -0.114. The molecule has 1 nitrogen and oxygen atoms in total. The summed E-state index contributed by atoms with van der Waals surface area (Å²) in [6.07, 6.45) is 12.3. The van der Waals surface area contributed by atoms with Crippen LogP contribution >= 0.6 is 0 Å². The van der Waals surface area contributed by atoms with Crippen LogP contribution in [0.4, 0.5) is 0 Å². The first-order valence-electron chi connectivity index (χ1n) is 4.32. The average molecular weight is 164 g/mol. The second kappa shape index (κ2) is 5.60. The van der Waals surface area contributed by atoms with E-state index in [1.54, 1.807) is 0 Å². The van der Waals surface area contributed by atoms with E-state index < -0.39 is 5.41 Å². The van der Waals surface area contributed by atoms with Crippen molar-refractivity contribution in [2.75, 3.05) is 0 Å². The number of hydrogen-bond acceptors (Lipinski definition) is 1. The van der Waals surface area contributed by atoms with Gasteiger partial charge >= 0.3 is 0 Å². The Morgan fingerprint density at radius 2 is 2.17 bits per heavy atom. The Kier molecular flexibility index (Phi) is 5.12. The summed E-state index contributed by atoms with van der Waals surface area (Å²) in [5, 5.41) is 0. The fraction of sp³-hybridized carbons (Fsp3) is 0.545. The lowest BCUT2D eigenvalue weighted by Crippen LogP contribution is -2.17. The van der Waals surface area contributed by atoms with Gasteiger partial charge in [0.1, 0.15) is 6.29 Å². The van der Waals surface area contributed by atoms with Gasteiger partial charge in [0.05, 0.1) is 5.41 Å². The highest BCUT2D eigenvalue weighted by atomic mass is 16.1. The minimum Gasteiger partial charge on any atom is -0.302 e. The van der Waals surface area contributed by atoms with Crippen molar-refractivity contribution in [3.8, 4) is 12.3 Å². The highest BCUT2D eigenvalue weighted by Gasteiger charge is 2.22. The first kappa shape index (κ1) is 11.0. The fourth-order valence-corrected chi connectivity index (χ4v) is 1.01. The van der Waals surface area contributed by atoms with E-state index in [0.717, 1.165) is 19.1 Å². The van der Waals surface area contributed by atoms with Crippen LogP contribution in [-0.4, -0.2) is 6.29 Å². The molecule has 0 aromatic carbocycles. The summed E-state index contributed by atoms with van der Waals surface area (Å²) in [5.74, 6) is 2.54. The predicted molar refractivity (Wildman–Crippen MR) is 51.7 cm³/mol. The van der Waals surface area contributed by atoms with Gasteiger partial charge in [-0.05, 0) is 12.8 Å². The van der Waals surface area contributed by atoms with Gasteiger partial charge in [-0.25, -0.2) is 0 Å². The topological polar surface area (TPSA) is 17.1 Å². The Labute approximate surface area is 74.9 Å². The summed E-state index contributed by atoms with van der Waals surface area (Å²) in [6, 6.07) is 0. The highest BCUT2D eigenvalue weighted by molar-refractivity contribution is 5.63. The molecule has 1 unspecified atom stereocenters. The summed E-state index contributed by atoms with van der Waals surface area (Å²) in [4.78, 5) is 10.8. The van der Waals surface area contributed by atoms with Gasteiger partial charge in [0.2, 0.25) is 0 Å². The van der Waals surface area contributed by atoms with Crippen LogP contribution in [0.1, 0.15) is 33.1 Å². The zero-order valence-electron chi connectivity index (χ0n) is 7.84. The predicted octanol–water partition coefficient (Wildman–Crippen LogP) is 2.57. The molecule has 0 radical (unpaired) electrons. The number of carbonyl (C=O) groups excluding carboxylic acids is 1. The van der Waals surface area contributed by atoms with Crippen LogP contribution in [0.25, 0.3) is 0 Å². The molecule has 0 heterocycles. The van der Waals surface area contributed by atoms with Gasteiger partial charge in [-0.2, -0.15) is 0 Å². The van der Waals surface area contributed by atoms with Crippen LogP contribution in [0, 0.1) is 17.8 Å². The molecule has 0 rings (SSSR count). The maximum Gasteiger partial charge on any atom is 0.130 e. The van der Waals surface area contributed by atoms with Crippen LogP contribution in [-0.2, 0) is 4.79 Å². The molecule has 0 aliphatic rings. The lowest BCUT2D eigenvalue weighted by Gasteiger charge is -2.18. The van der Waals surface area contributed by atoms with E-state index in [4.69, 9.17) is 6.42 Å². The molecule has 0 N–H and O–H groups in total. The van der Waals surface area contributed by atoms with E-state index in [0.29, 0.717) is 6.42 Å². The van der Waals surface area contributed by atoms with Crippen LogP contribution in [0.15, 0.2) is 12.2 Å². The molecule has 0 amide bonds. The van der Waals surface area contributed by atoms with Crippen molar-refractivity contribution in [2.45, 2.75) is 33.1 Å². The van der Waals surface area contributed by atoms with Gasteiger partial charge < -0.3 is 4.79 Å². The third-order valence-electron chi connectivity index (χ3n) is 2.01. The third kappa shape index (κ3) is 2.92. The van der Waals surface area contributed by atoms with Crippen LogP contribution < -0.4 is 0 Å². The van der Waals surface area contributed by atoms with E-state index in [2.05, 4.69) is 5.92 Å². The summed E-state index contributed by atoms with van der Waals surface area (Å²) in [6.45, 7) is 4.02. The van der Waals surface area contributed by atoms with Crippen molar-refractivity contribution >= 4 is 6.29 Å². The molecular formula is C11H16O. The van der Waals surface area contributed by atoms with Gasteiger partial charge in [-0.1, -0.05) is 26.0 Å². The van der Waals surface area contributed by atoms with Gasteiger partial charge in [0.15, 0.2) is 0 Å². The van der Waals surface area contributed by atoms with E-state index in [1.165, 1.54) is 0 Å². The van der Waals surface area contributed by atoms with Crippen molar-refractivity contribution in [3.63, 3.8) is 0 Å². The normalized spacial score (nSPS) is 15.4. The average Bonchev–Trinajstić information content (AvgIpc) is 2.13. The second-order valence-electron chi connectivity index (χ2n) is 2.90. The quantitative estimate of drug-likeness (QED) is 0.347. The third-order valence-corrected chi connectivity index (χ3v) is 2.01. The second-order valence-corrected chi connectivity index (χ2v) is 2.90. The van der Waals surface area contributed by atoms with Crippen LogP contribution in [0.2, 0.25) is 0 Å². The molecule has 0 aromatic heterocycles. The van der Waals surface area contributed by atoms with Crippen LogP contribution in [0.5, 0.6) is 0 Å². The number of hydrogen-bond donors (Lipinski definition) is 0. The molecule has 0 bridgehead atoms. The largest absolute Gasteiger partial charge is 0.302 e. The van der Waals surface area contributed by atoms with Crippen LogP contribution in [0.3, 0.4) is 0 Å². The lowest BCUT2D eigenvalue weighted by atomic mass is 9.83. The summed E-state index contributed by atoms with van der Waals surface area (Å²) < 4.78 is 0. The van der Waals surface area contributed by atoms with Crippen molar-refractivity contribution in [3.05, 3.63) is 12.2 Å². The zero-order chi connectivity index (χ0) is 9.45. The molecule has 0 fully saturated rings. The molecular weight excluding hydrogens is 148 g/mol. The number of terminal acetylenes is 1. The maximum atomic E-state index is 10.8. The minimum atomic E-state index is -0.412. The van der Waals surface area contributed by atoms with E-state index >= 15 is 0 Å². The molecule has 0 saturated carbocycles. The minimum absolute atomic E-state index is 0.412. The number of carbonyl (C=O) groups is 1.